The topological polar surface area (TPSA) is 68.8 Å². The number of rotatable bonds is 8. The first kappa shape index (κ1) is 24.1. The Morgan fingerprint density at radius 2 is 2.06 bits per heavy atom. The van der Waals surface area contributed by atoms with Crippen molar-refractivity contribution in [2.24, 2.45) is 16.1 Å². The van der Waals surface area contributed by atoms with Gasteiger partial charge in [0.2, 0.25) is 0 Å². The van der Waals surface area contributed by atoms with Crippen molar-refractivity contribution < 1.29 is 8.78 Å². The molecule has 1 aromatic rings. The van der Waals surface area contributed by atoms with Crippen LogP contribution in [0.4, 0.5) is 14.5 Å². The monoisotopic (exact) mass is 486 g/mol. The van der Waals surface area contributed by atoms with Crippen LogP contribution in [-0.2, 0) is 6.54 Å². The number of anilines is 1. The summed E-state index contributed by atoms with van der Waals surface area (Å²) < 4.78 is 28.3. The summed E-state index contributed by atoms with van der Waals surface area (Å²) in [5.41, 5.74) is 5.80. The zero-order valence-corrected chi connectivity index (χ0v) is 20.2. The van der Waals surface area contributed by atoms with E-state index in [1.54, 1.807) is 6.20 Å². The first-order valence-corrected chi connectivity index (χ1v) is 11.7. The second-order valence-corrected chi connectivity index (χ2v) is 9.28. The molecule has 2 heterocycles. The van der Waals surface area contributed by atoms with Gasteiger partial charge in [0.05, 0.1) is 18.3 Å². The van der Waals surface area contributed by atoms with E-state index in [0.29, 0.717) is 28.1 Å². The Hall–Kier alpha value is -3.00. The molecule has 2 N–H and O–H groups in total. The molecule has 2 aliphatic carbocycles. The third-order valence-electron chi connectivity index (χ3n) is 6.44. The van der Waals surface area contributed by atoms with Crippen LogP contribution < -0.4 is 15.7 Å². The molecule has 1 saturated carbocycles. The minimum atomic E-state index is -2.56. The second kappa shape index (κ2) is 9.70. The second-order valence-electron chi connectivity index (χ2n) is 8.79. The van der Waals surface area contributed by atoms with Crippen molar-refractivity contribution in [2.75, 3.05) is 11.9 Å². The van der Waals surface area contributed by atoms with Crippen molar-refractivity contribution in [1.29, 1.82) is 5.41 Å². The lowest BCUT2D eigenvalue weighted by Crippen LogP contribution is -2.37. The van der Waals surface area contributed by atoms with Crippen LogP contribution >= 0.6 is 11.6 Å². The van der Waals surface area contributed by atoms with Crippen LogP contribution in [0.2, 0.25) is 0 Å². The molecule has 0 bridgehead atoms. The zero-order valence-electron chi connectivity index (χ0n) is 19.4. The van der Waals surface area contributed by atoms with Crippen molar-refractivity contribution in [3.63, 3.8) is 0 Å². The molecule has 1 fully saturated rings. The van der Waals surface area contributed by atoms with Gasteiger partial charge in [-0.15, -0.1) is 5.10 Å². The molecule has 9 heteroatoms. The lowest BCUT2D eigenvalue weighted by atomic mass is 9.93. The molecule has 4 rings (SSSR count). The van der Waals surface area contributed by atoms with Gasteiger partial charge in [-0.1, -0.05) is 24.3 Å². The molecule has 6 nitrogen and oxygen atoms in total. The molecule has 34 heavy (non-hydrogen) atoms. The quantitative estimate of drug-likeness (QED) is 0.400. The number of aryl methyl sites for hydroxylation is 1. The van der Waals surface area contributed by atoms with Gasteiger partial charge < -0.3 is 20.2 Å². The van der Waals surface area contributed by atoms with Crippen molar-refractivity contribution in [1.82, 2.24) is 9.88 Å². The van der Waals surface area contributed by atoms with Crippen LogP contribution in [0.25, 0.3) is 0 Å². The summed E-state index contributed by atoms with van der Waals surface area (Å²) >= 11 is 6.23. The molecule has 0 saturated heterocycles. The van der Waals surface area contributed by atoms with Gasteiger partial charge in [0, 0.05) is 53.6 Å². The minimum absolute atomic E-state index is 0.232. The van der Waals surface area contributed by atoms with Crippen LogP contribution in [0.15, 0.2) is 68.8 Å². The maximum Gasteiger partial charge on any atom is 0.256 e. The number of hydrogen-bond donors (Lipinski definition) is 2. The van der Waals surface area contributed by atoms with Crippen LogP contribution in [0, 0.1) is 18.3 Å². The number of alkyl halides is 2. The Kier molecular flexibility index (Phi) is 6.89. The summed E-state index contributed by atoms with van der Waals surface area (Å²) in [5, 5.41) is 20.5. The van der Waals surface area contributed by atoms with E-state index in [1.165, 1.54) is 4.57 Å². The van der Waals surface area contributed by atoms with Gasteiger partial charge in [-0.3, -0.25) is 0 Å². The smallest absolute Gasteiger partial charge is 0.256 e. The summed E-state index contributed by atoms with van der Waals surface area (Å²) in [5.74, 6) is 0.232. The number of hydrogen-bond acceptors (Lipinski definition) is 5. The highest BCUT2D eigenvalue weighted by Gasteiger charge is 2.42. The average molecular weight is 487 g/mol. The number of halogens is 3. The summed E-state index contributed by atoms with van der Waals surface area (Å²) in [6.07, 6.45) is 6.49. The maximum absolute atomic E-state index is 13.4. The Bertz CT molecular complexity index is 1200. The zero-order chi connectivity index (χ0) is 24.6. The van der Waals surface area contributed by atoms with Crippen molar-refractivity contribution in [3.8, 4) is 0 Å². The first-order chi connectivity index (χ1) is 16.3. The standard InChI is InChI=1S/C25H29ClF2N6/c1-14-11-19(12-33(13-20(27)28)25(14)32-31-4)34-15(2)21(22(29)16-5-6-16)23(30-3)24(34)17-7-9-18(26)10-8-17/h7,9,11-12,16,20,24,29-30H,2,4-6,8,10,13H2,1,3H3/b29-22?,32-25-. The van der Waals surface area contributed by atoms with Gasteiger partial charge in [-0.2, -0.15) is 5.10 Å². The highest BCUT2D eigenvalue weighted by molar-refractivity contribution is 6.29. The van der Waals surface area contributed by atoms with E-state index in [2.05, 4.69) is 28.8 Å². The molecule has 0 aromatic carbocycles. The molecule has 1 aromatic heterocycles. The van der Waals surface area contributed by atoms with Crippen molar-refractivity contribution in [2.45, 2.75) is 51.6 Å². The van der Waals surface area contributed by atoms with Crippen molar-refractivity contribution in [3.05, 3.63) is 69.6 Å². The number of nitrogens with one attached hydrogen (secondary N) is 2. The predicted octanol–water partition coefficient (Wildman–Crippen LogP) is 5.03. The van der Waals surface area contributed by atoms with Gasteiger partial charge in [-0.25, -0.2) is 8.78 Å². The predicted molar refractivity (Wildman–Crippen MR) is 133 cm³/mol. The number of likely N-dealkylation sites (N-methyl/N-ethyl adjacent to an activating group) is 1. The lowest BCUT2D eigenvalue weighted by molar-refractivity contribution is 0.125. The molecular weight excluding hydrogens is 458 g/mol. The van der Waals surface area contributed by atoms with Crippen molar-refractivity contribution >= 4 is 29.7 Å². The molecule has 0 amide bonds. The van der Waals surface area contributed by atoms with Gasteiger partial charge in [0.15, 0.2) is 5.49 Å². The van der Waals surface area contributed by atoms with E-state index in [-0.39, 0.29) is 12.0 Å². The van der Waals surface area contributed by atoms with Crippen LogP contribution in [-0.4, -0.2) is 36.5 Å². The van der Waals surface area contributed by atoms with E-state index >= 15 is 0 Å². The Balaban J connectivity index is 1.89. The Labute approximate surface area is 203 Å². The van der Waals surface area contributed by atoms with E-state index in [9.17, 15) is 8.78 Å². The average Bonchev–Trinajstić information content (AvgIpc) is 3.59. The highest BCUT2D eigenvalue weighted by Crippen LogP contribution is 2.45. The molecule has 1 aliphatic heterocycles. The van der Waals surface area contributed by atoms with Crippen LogP contribution in [0.1, 0.15) is 31.2 Å². The van der Waals surface area contributed by atoms with E-state index in [0.717, 1.165) is 47.6 Å². The van der Waals surface area contributed by atoms with Gasteiger partial charge in [-0.05, 0) is 55.9 Å². The molecular formula is C25H29ClF2N6. The molecule has 3 aliphatic rings. The maximum atomic E-state index is 13.4. The van der Waals surface area contributed by atoms with Gasteiger partial charge in [0.25, 0.3) is 6.43 Å². The van der Waals surface area contributed by atoms with Crippen LogP contribution in [0.5, 0.6) is 0 Å². The van der Waals surface area contributed by atoms with E-state index < -0.39 is 13.0 Å². The summed E-state index contributed by atoms with van der Waals surface area (Å²) in [7, 11) is 1.85. The fourth-order valence-corrected chi connectivity index (χ4v) is 4.90. The number of aromatic nitrogens is 1. The molecule has 1 unspecified atom stereocenters. The van der Waals surface area contributed by atoms with Crippen LogP contribution in [0.3, 0.4) is 0 Å². The lowest BCUT2D eigenvalue weighted by Gasteiger charge is -2.33. The normalized spacial score (nSPS) is 21.2. The molecule has 0 radical (unpaired) electrons. The molecule has 0 spiro atoms. The molecule has 180 valence electrons. The fourth-order valence-electron chi connectivity index (χ4n) is 4.74. The number of pyridine rings is 1. The summed E-state index contributed by atoms with van der Waals surface area (Å²) in [4.78, 5) is 2.04. The SMILES string of the molecule is C=N/N=c1/c(C)cc(N2C(=C)C(C(=N)C3CC3)=C(NC)C2C2=CC=C(Cl)CC2)cn1CC(F)F. The summed E-state index contributed by atoms with van der Waals surface area (Å²) in [6.45, 7) is 9.04. The first-order valence-electron chi connectivity index (χ1n) is 11.3. The van der Waals surface area contributed by atoms with Gasteiger partial charge >= 0.3 is 0 Å². The summed E-state index contributed by atoms with van der Waals surface area (Å²) in [6, 6.07) is 1.65. The number of allylic oxidation sites excluding steroid dienone is 4. The fraction of sp³-hybridized carbons (Fsp3) is 0.400. The number of nitrogens with zero attached hydrogens (tertiary/aromatic N) is 4. The van der Waals surface area contributed by atoms with E-state index in [1.807, 2.05) is 37.1 Å². The third kappa shape index (κ3) is 4.51. The van der Waals surface area contributed by atoms with E-state index in [4.69, 9.17) is 17.0 Å². The highest BCUT2D eigenvalue weighted by atomic mass is 35.5. The molecule has 1 atom stereocenters. The Morgan fingerprint density at radius 3 is 2.62 bits per heavy atom. The third-order valence-corrected chi connectivity index (χ3v) is 6.76. The minimum Gasteiger partial charge on any atom is -0.389 e. The largest absolute Gasteiger partial charge is 0.389 e. The van der Waals surface area contributed by atoms with Gasteiger partial charge in [0.1, 0.15) is 0 Å². The Morgan fingerprint density at radius 1 is 1.32 bits per heavy atom.